The summed E-state index contributed by atoms with van der Waals surface area (Å²) in [6.07, 6.45) is 1.55. The van der Waals surface area contributed by atoms with Gasteiger partial charge in [-0.15, -0.1) is 0 Å². The smallest absolute Gasteiger partial charge is 0.329 e. The number of hydrazone groups is 1. The fourth-order valence-electron chi connectivity index (χ4n) is 3.31. The summed E-state index contributed by atoms with van der Waals surface area (Å²) in [6.45, 7) is 7.88. The summed E-state index contributed by atoms with van der Waals surface area (Å²) in [7, 11) is 0. The molecule has 1 aromatic heterocycles. The number of hydrogen-bond donors (Lipinski definition) is 2. The van der Waals surface area contributed by atoms with Crippen molar-refractivity contribution in [2.75, 3.05) is 0 Å². The van der Waals surface area contributed by atoms with Crippen molar-refractivity contribution in [1.29, 1.82) is 0 Å². The van der Waals surface area contributed by atoms with Crippen LogP contribution in [0, 0.1) is 20.8 Å². The molecule has 1 heterocycles. The van der Waals surface area contributed by atoms with E-state index in [2.05, 4.69) is 51.6 Å². The molecule has 0 aliphatic rings. The molecule has 2 aromatic carbocycles. The number of carbonyl (C=O) groups excluding carboxylic acids is 2. The first-order chi connectivity index (χ1) is 14.4. The zero-order valence-corrected chi connectivity index (χ0v) is 17.6. The Morgan fingerprint density at radius 1 is 0.967 bits per heavy atom. The molecule has 0 unspecified atom stereocenters. The summed E-state index contributed by atoms with van der Waals surface area (Å²) < 4.78 is 2.12. The van der Waals surface area contributed by atoms with Crippen LogP contribution in [0.25, 0.3) is 5.69 Å². The van der Waals surface area contributed by atoms with E-state index in [1.54, 1.807) is 6.21 Å². The second-order valence-corrected chi connectivity index (χ2v) is 7.30. The number of rotatable bonds is 5. The van der Waals surface area contributed by atoms with Crippen LogP contribution >= 0.6 is 0 Å². The third kappa shape index (κ3) is 4.84. The van der Waals surface area contributed by atoms with Gasteiger partial charge in [0.15, 0.2) is 0 Å². The van der Waals surface area contributed by atoms with Crippen LogP contribution < -0.4 is 10.7 Å². The van der Waals surface area contributed by atoms with Crippen molar-refractivity contribution in [3.63, 3.8) is 0 Å². The van der Waals surface area contributed by atoms with Crippen molar-refractivity contribution >= 4 is 18.0 Å². The van der Waals surface area contributed by atoms with Crippen LogP contribution in [0.15, 0.2) is 65.8 Å². The third-order valence-corrected chi connectivity index (χ3v) is 4.99. The SMILES string of the molecule is Cc1ccc(-n2c(C)cc(/C=N\NC(=O)C(=O)N[C@H](C)c3ccccc3)c2C)cc1. The van der Waals surface area contributed by atoms with Gasteiger partial charge in [0.1, 0.15) is 0 Å². The molecule has 154 valence electrons. The van der Waals surface area contributed by atoms with Crippen LogP contribution in [0.5, 0.6) is 0 Å². The second-order valence-electron chi connectivity index (χ2n) is 7.30. The van der Waals surface area contributed by atoms with Gasteiger partial charge in [-0.2, -0.15) is 5.10 Å². The van der Waals surface area contributed by atoms with Gasteiger partial charge in [0.2, 0.25) is 0 Å². The summed E-state index contributed by atoms with van der Waals surface area (Å²) in [5.74, 6) is -1.53. The first-order valence-electron chi connectivity index (χ1n) is 9.81. The number of nitrogens with zero attached hydrogens (tertiary/aromatic N) is 2. The molecule has 6 nitrogen and oxygen atoms in total. The van der Waals surface area contributed by atoms with E-state index in [9.17, 15) is 9.59 Å². The van der Waals surface area contributed by atoms with E-state index in [0.29, 0.717) is 0 Å². The monoisotopic (exact) mass is 402 g/mol. The number of nitrogens with one attached hydrogen (secondary N) is 2. The minimum atomic E-state index is -0.804. The molecule has 0 spiro atoms. The normalized spacial score (nSPS) is 12.0. The summed E-state index contributed by atoms with van der Waals surface area (Å²) in [5.41, 5.74) is 8.40. The molecule has 0 aliphatic carbocycles. The van der Waals surface area contributed by atoms with Crippen molar-refractivity contribution in [3.8, 4) is 5.69 Å². The summed E-state index contributed by atoms with van der Waals surface area (Å²) in [5, 5.41) is 6.63. The molecule has 2 amide bonds. The van der Waals surface area contributed by atoms with Crippen LogP contribution in [-0.2, 0) is 9.59 Å². The molecule has 0 aliphatic heterocycles. The van der Waals surface area contributed by atoms with Crippen LogP contribution in [0.4, 0.5) is 0 Å². The van der Waals surface area contributed by atoms with Gasteiger partial charge in [-0.1, -0.05) is 48.0 Å². The highest BCUT2D eigenvalue weighted by molar-refractivity contribution is 6.35. The zero-order chi connectivity index (χ0) is 21.7. The molecule has 3 aromatic rings. The van der Waals surface area contributed by atoms with E-state index < -0.39 is 11.8 Å². The minimum Gasteiger partial charge on any atom is -0.341 e. The van der Waals surface area contributed by atoms with Gasteiger partial charge in [-0.25, -0.2) is 5.43 Å². The Kier molecular flexibility index (Phi) is 6.47. The lowest BCUT2D eigenvalue weighted by Gasteiger charge is -2.13. The maximum atomic E-state index is 12.1. The molecule has 3 rings (SSSR count). The Morgan fingerprint density at radius 3 is 2.30 bits per heavy atom. The van der Waals surface area contributed by atoms with Crippen molar-refractivity contribution < 1.29 is 9.59 Å². The first-order valence-corrected chi connectivity index (χ1v) is 9.81. The lowest BCUT2D eigenvalue weighted by molar-refractivity contribution is -0.139. The lowest BCUT2D eigenvalue weighted by Crippen LogP contribution is -2.39. The van der Waals surface area contributed by atoms with Crippen molar-refractivity contribution in [3.05, 3.63) is 88.7 Å². The van der Waals surface area contributed by atoms with Gasteiger partial charge in [0, 0.05) is 22.6 Å². The first kappa shape index (κ1) is 21.0. The maximum Gasteiger partial charge on any atom is 0.329 e. The number of aromatic nitrogens is 1. The average Bonchev–Trinajstić information content (AvgIpc) is 3.02. The molecule has 0 radical (unpaired) electrons. The van der Waals surface area contributed by atoms with Crippen molar-refractivity contribution in [2.45, 2.75) is 33.7 Å². The average molecular weight is 402 g/mol. The molecule has 1 atom stereocenters. The Balaban J connectivity index is 1.63. The van der Waals surface area contributed by atoms with Gasteiger partial charge < -0.3 is 9.88 Å². The maximum absolute atomic E-state index is 12.1. The van der Waals surface area contributed by atoms with Gasteiger partial charge in [0.25, 0.3) is 0 Å². The van der Waals surface area contributed by atoms with E-state index in [1.165, 1.54) is 5.56 Å². The fourth-order valence-corrected chi connectivity index (χ4v) is 3.31. The van der Waals surface area contributed by atoms with E-state index >= 15 is 0 Å². The van der Waals surface area contributed by atoms with E-state index in [4.69, 9.17) is 0 Å². The minimum absolute atomic E-state index is 0.276. The standard InChI is InChI=1S/C24H26N4O2/c1-16-10-12-22(13-11-16)28-17(2)14-21(19(28)4)15-25-27-24(30)23(29)26-18(3)20-8-6-5-7-9-20/h5-15,18H,1-4H3,(H,26,29)(H,27,30)/b25-15-/t18-/m1/s1. The van der Waals surface area contributed by atoms with Crippen LogP contribution in [0.3, 0.4) is 0 Å². The Labute approximate surface area is 176 Å². The zero-order valence-electron chi connectivity index (χ0n) is 17.6. The second kappa shape index (κ2) is 9.22. The number of aryl methyl sites for hydroxylation is 2. The molecule has 0 saturated heterocycles. The molecule has 30 heavy (non-hydrogen) atoms. The van der Waals surface area contributed by atoms with Crippen LogP contribution in [-0.4, -0.2) is 22.6 Å². The molecule has 2 N–H and O–H groups in total. The van der Waals surface area contributed by atoms with E-state index in [-0.39, 0.29) is 6.04 Å². The highest BCUT2D eigenvalue weighted by atomic mass is 16.2. The van der Waals surface area contributed by atoms with Gasteiger partial charge in [-0.05, 0) is 51.5 Å². The van der Waals surface area contributed by atoms with Gasteiger partial charge >= 0.3 is 11.8 Å². The van der Waals surface area contributed by atoms with Crippen molar-refractivity contribution in [2.24, 2.45) is 5.10 Å². The highest BCUT2D eigenvalue weighted by Gasteiger charge is 2.16. The Bertz CT molecular complexity index is 1070. The Hall–Kier alpha value is -3.67. The summed E-state index contributed by atoms with van der Waals surface area (Å²) >= 11 is 0. The lowest BCUT2D eigenvalue weighted by atomic mass is 10.1. The van der Waals surface area contributed by atoms with Crippen molar-refractivity contribution in [1.82, 2.24) is 15.3 Å². The number of carbonyl (C=O) groups is 2. The number of benzene rings is 2. The molecule has 0 bridgehead atoms. The predicted molar refractivity (Wildman–Crippen MR) is 119 cm³/mol. The van der Waals surface area contributed by atoms with Crippen LogP contribution in [0.1, 0.15) is 41.0 Å². The fraction of sp³-hybridized carbons (Fsp3) is 0.208. The highest BCUT2D eigenvalue weighted by Crippen LogP contribution is 2.20. The molecule has 6 heteroatoms. The quantitative estimate of drug-likeness (QED) is 0.388. The van der Waals surface area contributed by atoms with E-state index in [0.717, 1.165) is 28.2 Å². The summed E-state index contributed by atoms with van der Waals surface area (Å²) in [4.78, 5) is 24.2. The Morgan fingerprint density at radius 2 is 1.63 bits per heavy atom. The predicted octanol–water partition coefficient (Wildman–Crippen LogP) is 3.73. The molecule has 0 saturated carbocycles. The van der Waals surface area contributed by atoms with Crippen LogP contribution in [0.2, 0.25) is 0 Å². The third-order valence-electron chi connectivity index (χ3n) is 4.99. The number of amides is 2. The van der Waals surface area contributed by atoms with Gasteiger partial charge in [0.05, 0.1) is 12.3 Å². The largest absolute Gasteiger partial charge is 0.341 e. The van der Waals surface area contributed by atoms with E-state index in [1.807, 2.05) is 57.2 Å². The molecular weight excluding hydrogens is 376 g/mol. The summed E-state index contributed by atoms with van der Waals surface area (Å²) in [6, 6.07) is 19.4. The van der Waals surface area contributed by atoms with Gasteiger partial charge in [-0.3, -0.25) is 9.59 Å². The molecule has 0 fully saturated rings. The number of hydrogen-bond acceptors (Lipinski definition) is 3. The molecular formula is C24H26N4O2. The topological polar surface area (TPSA) is 75.5 Å².